The molecule has 0 spiro atoms. The topological polar surface area (TPSA) is 42.7 Å². The van der Waals surface area contributed by atoms with Crippen LogP contribution in [0, 0.1) is 0 Å². The van der Waals surface area contributed by atoms with E-state index in [0.717, 1.165) is 17.5 Å². The maximum absolute atomic E-state index is 4.57. The summed E-state index contributed by atoms with van der Waals surface area (Å²) in [5, 5.41) is 10.4. The molecule has 2 aromatic heterocycles. The van der Waals surface area contributed by atoms with Gasteiger partial charge in [-0.05, 0) is 30.5 Å². The fourth-order valence-corrected chi connectivity index (χ4v) is 2.95. The van der Waals surface area contributed by atoms with Gasteiger partial charge in [-0.25, -0.2) is 0 Å². The summed E-state index contributed by atoms with van der Waals surface area (Å²) in [5.74, 6) is 0. The summed E-state index contributed by atoms with van der Waals surface area (Å²) in [5.41, 5.74) is 3.65. The first-order valence-corrected chi connectivity index (χ1v) is 7.27. The number of benzene rings is 1. The highest BCUT2D eigenvalue weighted by atomic mass is 15.3. The summed E-state index contributed by atoms with van der Waals surface area (Å²) in [7, 11) is 3.97. The largest absolute Gasteiger partial charge is 0.309 e. The lowest BCUT2D eigenvalue weighted by Crippen LogP contribution is -2.18. The van der Waals surface area contributed by atoms with Crippen molar-refractivity contribution < 1.29 is 0 Å². The maximum Gasteiger partial charge on any atom is 0.0673 e. The van der Waals surface area contributed by atoms with Gasteiger partial charge in [0.05, 0.1) is 11.7 Å². The average molecular weight is 280 g/mol. The third-order valence-corrected chi connectivity index (χ3v) is 3.90. The van der Waals surface area contributed by atoms with Gasteiger partial charge in [-0.3, -0.25) is 9.67 Å². The molecule has 2 heterocycles. The molecular formula is C17H20N4. The molecular weight excluding hydrogens is 260 g/mol. The first-order valence-electron chi connectivity index (χ1n) is 7.27. The fraction of sp³-hybridized carbons (Fsp3) is 0.294. The summed E-state index contributed by atoms with van der Waals surface area (Å²) in [6.07, 6.45) is 6.80. The van der Waals surface area contributed by atoms with Crippen LogP contribution in [0.25, 0.3) is 10.8 Å². The summed E-state index contributed by atoms with van der Waals surface area (Å²) in [6, 6.07) is 8.58. The zero-order valence-electron chi connectivity index (χ0n) is 12.7. The van der Waals surface area contributed by atoms with Gasteiger partial charge in [-0.15, -0.1) is 0 Å². The first-order chi connectivity index (χ1) is 10.2. The highest BCUT2D eigenvalue weighted by Gasteiger charge is 2.19. The van der Waals surface area contributed by atoms with E-state index in [9.17, 15) is 0 Å². The maximum atomic E-state index is 4.57. The second-order valence-electron chi connectivity index (χ2n) is 5.22. The monoisotopic (exact) mass is 280 g/mol. The van der Waals surface area contributed by atoms with E-state index in [1.54, 1.807) is 0 Å². The Morgan fingerprint density at radius 3 is 2.86 bits per heavy atom. The molecule has 1 N–H and O–H groups in total. The molecule has 1 aromatic carbocycles. The molecule has 1 atom stereocenters. The van der Waals surface area contributed by atoms with Crippen molar-refractivity contribution in [2.24, 2.45) is 7.05 Å². The zero-order chi connectivity index (χ0) is 14.8. The summed E-state index contributed by atoms with van der Waals surface area (Å²) >= 11 is 0. The number of fused-ring (bicyclic) bond motifs is 1. The van der Waals surface area contributed by atoms with Crippen LogP contribution < -0.4 is 5.32 Å². The van der Waals surface area contributed by atoms with E-state index in [2.05, 4.69) is 52.8 Å². The van der Waals surface area contributed by atoms with E-state index in [1.165, 1.54) is 16.5 Å². The van der Waals surface area contributed by atoms with Crippen LogP contribution in [0.15, 0.2) is 42.9 Å². The Labute approximate surface area is 124 Å². The smallest absolute Gasteiger partial charge is 0.0673 e. The predicted molar refractivity (Wildman–Crippen MR) is 85.2 cm³/mol. The van der Waals surface area contributed by atoms with Crippen LogP contribution in [-0.2, 0) is 13.5 Å². The molecule has 1 unspecified atom stereocenters. The van der Waals surface area contributed by atoms with Crippen LogP contribution in [0.5, 0.6) is 0 Å². The molecule has 21 heavy (non-hydrogen) atoms. The van der Waals surface area contributed by atoms with Crippen LogP contribution >= 0.6 is 0 Å². The number of nitrogens with zero attached hydrogens (tertiary/aromatic N) is 3. The molecule has 0 saturated carbocycles. The summed E-state index contributed by atoms with van der Waals surface area (Å²) in [6.45, 7) is 2.14. The van der Waals surface area contributed by atoms with E-state index in [0.29, 0.717) is 0 Å². The van der Waals surface area contributed by atoms with E-state index in [-0.39, 0.29) is 6.04 Å². The van der Waals surface area contributed by atoms with Gasteiger partial charge in [0.2, 0.25) is 0 Å². The molecule has 0 aliphatic carbocycles. The molecule has 0 bridgehead atoms. The molecule has 3 rings (SSSR count). The van der Waals surface area contributed by atoms with Gasteiger partial charge >= 0.3 is 0 Å². The van der Waals surface area contributed by atoms with Crippen molar-refractivity contribution in [3.63, 3.8) is 0 Å². The summed E-state index contributed by atoms with van der Waals surface area (Å²) in [4.78, 5) is 4.21. The van der Waals surface area contributed by atoms with Crippen LogP contribution in [0.4, 0.5) is 0 Å². The Kier molecular flexibility index (Phi) is 3.71. The quantitative estimate of drug-likeness (QED) is 0.799. The highest BCUT2D eigenvalue weighted by molar-refractivity contribution is 5.85. The molecule has 0 saturated heterocycles. The highest BCUT2D eigenvalue weighted by Crippen LogP contribution is 2.30. The Morgan fingerprint density at radius 1 is 1.24 bits per heavy atom. The number of pyridine rings is 1. The minimum absolute atomic E-state index is 0.139. The standard InChI is InChI=1S/C17H20N4/c1-4-16-15(11-21(3)20-16)17(18-2)14-7-5-6-12-10-19-9-8-13(12)14/h5-11,17-18H,4H2,1-3H3. The minimum Gasteiger partial charge on any atom is -0.309 e. The lowest BCUT2D eigenvalue weighted by Gasteiger charge is -2.18. The second-order valence-corrected chi connectivity index (χ2v) is 5.22. The van der Waals surface area contributed by atoms with Gasteiger partial charge in [0.25, 0.3) is 0 Å². The third kappa shape index (κ3) is 2.43. The Balaban J connectivity index is 2.18. The van der Waals surface area contributed by atoms with Gasteiger partial charge in [0.1, 0.15) is 0 Å². The Hall–Kier alpha value is -2.20. The van der Waals surface area contributed by atoms with Crippen molar-refractivity contribution in [2.75, 3.05) is 7.05 Å². The van der Waals surface area contributed by atoms with E-state index in [4.69, 9.17) is 0 Å². The lowest BCUT2D eigenvalue weighted by molar-refractivity contribution is 0.688. The normalized spacial score (nSPS) is 12.7. The molecule has 3 aromatic rings. The zero-order valence-corrected chi connectivity index (χ0v) is 12.7. The minimum atomic E-state index is 0.139. The van der Waals surface area contributed by atoms with Gasteiger partial charge in [0, 0.05) is 36.6 Å². The average Bonchev–Trinajstić information content (AvgIpc) is 2.89. The van der Waals surface area contributed by atoms with Crippen molar-refractivity contribution >= 4 is 10.8 Å². The first kappa shape index (κ1) is 13.8. The fourth-order valence-electron chi connectivity index (χ4n) is 2.95. The summed E-state index contributed by atoms with van der Waals surface area (Å²) < 4.78 is 1.89. The van der Waals surface area contributed by atoms with Gasteiger partial charge < -0.3 is 5.32 Å². The van der Waals surface area contributed by atoms with Crippen LogP contribution in [-0.4, -0.2) is 21.8 Å². The van der Waals surface area contributed by atoms with Gasteiger partial charge in [-0.2, -0.15) is 5.10 Å². The van der Waals surface area contributed by atoms with Crippen molar-refractivity contribution in [3.8, 4) is 0 Å². The molecule has 4 heteroatoms. The van der Waals surface area contributed by atoms with Gasteiger partial charge in [-0.1, -0.05) is 25.1 Å². The molecule has 0 amide bonds. The number of nitrogens with one attached hydrogen (secondary N) is 1. The Morgan fingerprint density at radius 2 is 2.10 bits per heavy atom. The SMILES string of the molecule is CCc1nn(C)cc1C(NC)c1cccc2cnccc12. The van der Waals surface area contributed by atoms with E-state index < -0.39 is 0 Å². The van der Waals surface area contributed by atoms with Crippen molar-refractivity contribution in [2.45, 2.75) is 19.4 Å². The third-order valence-electron chi connectivity index (χ3n) is 3.90. The molecule has 108 valence electrons. The van der Waals surface area contributed by atoms with E-state index >= 15 is 0 Å². The molecule has 0 aliphatic heterocycles. The van der Waals surface area contributed by atoms with Crippen LogP contribution in [0.3, 0.4) is 0 Å². The van der Waals surface area contributed by atoms with Crippen molar-refractivity contribution in [1.82, 2.24) is 20.1 Å². The number of aryl methyl sites for hydroxylation is 2. The predicted octanol–water partition coefficient (Wildman–Crippen LogP) is 2.84. The number of hydrogen-bond donors (Lipinski definition) is 1. The lowest BCUT2D eigenvalue weighted by atomic mass is 9.94. The molecule has 0 aliphatic rings. The van der Waals surface area contributed by atoms with Gasteiger partial charge in [0.15, 0.2) is 0 Å². The molecule has 0 radical (unpaired) electrons. The number of aromatic nitrogens is 3. The number of rotatable bonds is 4. The van der Waals surface area contributed by atoms with Crippen LogP contribution in [0.2, 0.25) is 0 Å². The molecule has 4 nitrogen and oxygen atoms in total. The van der Waals surface area contributed by atoms with E-state index in [1.807, 2.05) is 31.2 Å². The van der Waals surface area contributed by atoms with Crippen LogP contribution in [0.1, 0.15) is 29.8 Å². The number of hydrogen-bond acceptors (Lipinski definition) is 3. The Bertz CT molecular complexity index is 755. The van der Waals surface area contributed by atoms with Crippen molar-refractivity contribution in [1.29, 1.82) is 0 Å². The molecule has 0 fully saturated rings. The van der Waals surface area contributed by atoms with Crippen molar-refractivity contribution in [3.05, 3.63) is 59.7 Å². The second kappa shape index (κ2) is 5.66.